The van der Waals surface area contributed by atoms with Gasteiger partial charge in [-0.1, -0.05) is 12.1 Å². The lowest BCUT2D eigenvalue weighted by Crippen LogP contribution is -2.29. The summed E-state index contributed by atoms with van der Waals surface area (Å²) in [6.45, 7) is 4.28. The van der Waals surface area contributed by atoms with E-state index in [1.807, 2.05) is 24.3 Å². The molecule has 0 bridgehead atoms. The lowest BCUT2D eigenvalue weighted by molar-refractivity contribution is 0.428. The van der Waals surface area contributed by atoms with Crippen LogP contribution in [0.5, 0.6) is 5.75 Å². The number of aryl methyl sites for hydroxylation is 1. The smallest absolute Gasteiger partial charge is 0.115 e. The van der Waals surface area contributed by atoms with Crippen LogP contribution in [-0.2, 0) is 6.42 Å². The van der Waals surface area contributed by atoms with Gasteiger partial charge in [-0.25, -0.2) is 0 Å². The Hall–Kier alpha value is -1.74. The first kappa shape index (κ1) is 13.7. The van der Waals surface area contributed by atoms with Crippen LogP contribution in [-0.4, -0.2) is 11.1 Å². The van der Waals surface area contributed by atoms with Crippen molar-refractivity contribution in [2.45, 2.75) is 38.8 Å². The number of phenols is 1. The van der Waals surface area contributed by atoms with E-state index in [1.165, 1.54) is 0 Å². The quantitative estimate of drug-likeness (QED) is 0.832. The topological polar surface area (TPSA) is 45.4 Å². The third-order valence-electron chi connectivity index (χ3n) is 3.31. The molecule has 2 unspecified atom stereocenters. The molecule has 0 amide bonds. The maximum atomic E-state index is 9.48. The van der Waals surface area contributed by atoms with Gasteiger partial charge >= 0.3 is 0 Å². The van der Waals surface area contributed by atoms with Gasteiger partial charge in [0.2, 0.25) is 0 Å². The van der Waals surface area contributed by atoms with Crippen LogP contribution in [0, 0.1) is 0 Å². The fourth-order valence-corrected chi connectivity index (χ4v) is 2.21. The number of phenolic OH excluding ortho intramolecular Hbond substituents is 1. The van der Waals surface area contributed by atoms with Crippen molar-refractivity contribution < 1.29 is 9.52 Å². The zero-order valence-corrected chi connectivity index (χ0v) is 11.5. The Bertz CT molecular complexity index is 493. The lowest BCUT2D eigenvalue weighted by atomic mass is 10.1. The molecule has 3 nitrogen and oxygen atoms in total. The number of rotatable bonds is 6. The molecule has 0 aliphatic carbocycles. The van der Waals surface area contributed by atoms with Crippen molar-refractivity contribution in [1.82, 2.24) is 5.32 Å². The zero-order valence-electron chi connectivity index (χ0n) is 11.5. The van der Waals surface area contributed by atoms with Gasteiger partial charge in [-0.05, 0) is 50.1 Å². The highest BCUT2D eigenvalue weighted by molar-refractivity contribution is 5.29. The summed E-state index contributed by atoms with van der Waals surface area (Å²) in [6.07, 6.45) is 3.67. The molecule has 2 aromatic rings. The number of hydrogen-bond acceptors (Lipinski definition) is 3. The van der Waals surface area contributed by atoms with Crippen LogP contribution >= 0.6 is 0 Å². The van der Waals surface area contributed by atoms with Gasteiger partial charge in [-0.15, -0.1) is 0 Å². The molecule has 2 atom stereocenters. The van der Waals surface area contributed by atoms with Crippen LogP contribution in [0.25, 0.3) is 0 Å². The molecule has 0 aliphatic heterocycles. The van der Waals surface area contributed by atoms with Crippen LogP contribution in [0.3, 0.4) is 0 Å². The fourth-order valence-electron chi connectivity index (χ4n) is 2.21. The largest absolute Gasteiger partial charge is 0.508 e. The Labute approximate surface area is 114 Å². The average Bonchev–Trinajstić information content (AvgIpc) is 2.89. The van der Waals surface area contributed by atoms with Crippen LogP contribution in [0.15, 0.2) is 47.1 Å². The van der Waals surface area contributed by atoms with Crippen LogP contribution in [0.1, 0.15) is 37.6 Å². The van der Waals surface area contributed by atoms with Gasteiger partial charge in [0.15, 0.2) is 0 Å². The minimum Gasteiger partial charge on any atom is -0.508 e. The van der Waals surface area contributed by atoms with Crippen molar-refractivity contribution in [3.63, 3.8) is 0 Å². The molecule has 0 saturated heterocycles. The van der Waals surface area contributed by atoms with Gasteiger partial charge in [0.25, 0.3) is 0 Å². The van der Waals surface area contributed by atoms with Crippen LogP contribution < -0.4 is 5.32 Å². The summed E-state index contributed by atoms with van der Waals surface area (Å²) in [5.74, 6) is 1.34. The summed E-state index contributed by atoms with van der Waals surface area (Å²) in [4.78, 5) is 0. The molecule has 19 heavy (non-hydrogen) atoms. The maximum Gasteiger partial charge on any atom is 0.115 e. The molecular weight excluding hydrogens is 238 g/mol. The normalized spacial score (nSPS) is 14.2. The highest BCUT2D eigenvalue weighted by Gasteiger charge is 2.10. The fraction of sp³-hybridized carbons (Fsp3) is 0.375. The maximum absolute atomic E-state index is 9.48. The first-order chi connectivity index (χ1) is 9.15. The zero-order chi connectivity index (χ0) is 13.7. The van der Waals surface area contributed by atoms with Crippen molar-refractivity contribution in [3.8, 4) is 5.75 Å². The Kier molecular flexibility index (Phi) is 4.63. The van der Waals surface area contributed by atoms with Crippen molar-refractivity contribution in [2.75, 3.05) is 0 Å². The first-order valence-corrected chi connectivity index (χ1v) is 6.72. The summed E-state index contributed by atoms with van der Waals surface area (Å²) in [5, 5.41) is 13.0. The van der Waals surface area contributed by atoms with Gasteiger partial charge in [-0.2, -0.15) is 0 Å². The number of aromatic hydroxyl groups is 1. The van der Waals surface area contributed by atoms with Crippen molar-refractivity contribution in [3.05, 3.63) is 54.0 Å². The molecule has 1 aromatic heterocycles. The number of benzene rings is 1. The molecule has 1 aromatic carbocycles. The summed E-state index contributed by atoms with van der Waals surface area (Å²) < 4.78 is 5.33. The van der Waals surface area contributed by atoms with E-state index in [0.29, 0.717) is 11.8 Å². The standard InChI is InChI=1S/C16H21NO2/c1-12(8-9-16-7-4-10-19-16)17-13(2)14-5-3-6-15(18)11-14/h3-7,10-13,17-18H,8-9H2,1-2H3. The Balaban J connectivity index is 1.83. The van der Waals surface area contributed by atoms with Crippen molar-refractivity contribution in [2.24, 2.45) is 0 Å². The lowest BCUT2D eigenvalue weighted by Gasteiger charge is -2.20. The van der Waals surface area contributed by atoms with Gasteiger partial charge in [0.1, 0.15) is 11.5 Å². The van der Waals surface area contributed by atoms with Crippen molar-refractivity contribution in [1.29, 1.82) is 0 Å². The highest BCUT2D eigenvalue weighted by atomic mass is 16.3. The first-order valence-electron chi connectivity index (χ1n) is 6.72. The predicted octanol–water partition coefficient (Wildman–Crippen LogP) is 3.66. The molecule has 3 heteroatoms. The van der Waals surface area contributed by atoms with Gasteiger partial charge in [0.05, 0.1) is 6.26 Å². The Morgan fingerprint density at radius 3 is 2.74 bits per heavy atom. The molecule has 0 fully saturated rings. The summed E-state index contributed by atoms with van der Waals surface area (Å²) in [6, 6.07) is 11.9. The van der Waals surface area contributed by atoms with E-state index < -0.39 is 0 Å². The van der Waals surface area contributed by atoms with Gasteiger partial charge < -0.3 is 14.8 Å². The highest BCUT2D eigenvalue weighted by Crippen LogP contribution is 2.18. The monoisotopic (exact) mass is 259 g/mol. The molecule has 102 valence electrons. The second-order valence-electron chi connectivity index (χ2n) is 5.00. The van der Waals surface area contributed by atoms with Crippen molar-refractivity contribution >= 4 is 0 Å². The van der Waals surface area contributed by atoms with Gasteiger partial charge in [-0.3, -0.25) is 0 Å². The van der Waals surface area contributed by atoms with E-state index >= 15 is 0 Å². The molecular formula is C16H21NO2. The number of nitrogens with one attached hydrogen (secondary N) is 1. The van der Waals surface area contributed by atoms with E-state index in [1.54, 1.807) is 18.4 Å². The molecule has 0 spiro atoms. The van der Waals surface area contributed by atoms with Gasteiger partial charge in [0, 0.05) is 18.5 Å². The molecule has 0 radical (unpaired) electrons. The van der Waals surface area contributed by atoms with E-state index in [4.69, 9.17) is 4.42 Å². The van der Waals surface area contributed by atoms with Crippen LogP contribution in [0.2, 0.25) is 0 Å². The molecule has 0 aliphatic rings. The Morgan fingerprint density at radius 1 is 1.21 bits per heavy atom. The minimum absolute atomic E-state index is 0.221. The summed E-state index contributed by atoms with van der Waals surface area (Å²) >= 11 is 0. The predicted molar refractivity (Wildman–Crippen MR) is 76.1 cm³/mol. The molecule has 0 saturated carbocycles. The van der Waals surface area contributed by atoms with E-state index in [-0.39, 0.29) is 6.04 Å². The molecule has 1 heterocycles. The van der Waals surface area contributed by atoms with E-state index in [0.717, 1.165) is 24.2 Å². The average molecular weight is 259 g/mol. The second-order valence-corrected chi connectivity index (χ2v) is 5.00. The number of furan rings is 1. The number of hydrogen-bond donors (Lipinski definition) is 2. The second kappa shape index (κ2) is 6.43. The molecule has 2 N–H and O–H groups in total. The van der Waals surface area contributed by atoms with E-state index in [9.17, 15) is 5.11 Å². The summed E-state index contributed by atoms with van der Waals surface area (Å²) in [5.41, 5.74) is 1.10. The minimum atomic E-state index is 0.221. The third kappa shape index (κ3) is 4.14. The van der Waals surface area contributed by atoms with E-state index in [2.05, 4.69) is 19.2 Å². The SMILES string of the molecule is CC(CCc1ccco1)NC(C)c1cccc(O)c1. The van der Waals surface area contributed by atoms with Crippen LogP contribution in [0.4, 0.5) is 0 Å². The molecule has 2 rings (SSSR count). The third-order valence-corrected chi connectivity index (χ3v) is 3.31. The summed E-state index contributed by atoms with van der Waals surface area (Å²) in [7, 11) is 0. The Morgan fingerprint density at radius 2 is 2.05 bits per heavy atom.